The van der Waals surface area contributed by atoms with E-state index >= 15 is 0 Å². The Morgan fingerprint density at radius 2 is 1.16 bits per heavy atom. The van der Waals surface area contributed by atoms with Crippen LogP contribution in [0.25, 0.3) is 0 Å². The van der Waals surface area contributed by atoms with Gasteiger partial charge in [0.1, 0.15) is 51.2 Å². The number of cyclic esters (lactones) is 3. The van der Waals surface area contributed by atoms with Crippen LogP contribution in [-0.2, 0) is 88.8 Å². The fourth-order valence-electron chi connectivity index (χ4n) is 5.80. The second-order valence-corrected chi connectivity index (χ2v) is 21.6. The molecule has 3 aliphatic rings. The van der Waals surface area contributed by atoms with Crippen molar-refractivity contribution in [2.24, 2.45) is 5.73 Å². The molecule has 2 aromatic rings. The van der Waals surface area contributed by atoms with Crippen molar-refractivity contribution < 1.29 is 105 Å². The zero-order chi connectivity index (χ0) is 52.3. The number of carboxylic acid groups (broad SMARTS) is 1. The van der Waals surface area contributed by atoms with Crippen molar-refractivity contribution in [2.45, 2.75) is 74.8 Å². The Hall–Kier alpha value is -6.06. The van der Waals surface area contributed by atoms with Gasteiger partial charge in [0.05, 0.1) is 38.4 Å². The molecule has 0 radical (unpaired) electrons. The average molecular weight is 1050 g/mol. The molecular weight excluding hydrogens is 991 g/mol. The number of aliphatic carboxylic acids is 1. The van der Waals surface area contributed by atoms with E-state index < -0.39 is 94.2 Å². The van der Waals surface area contributed by atoms with Crippen molar-refractivity contribution in [3.05, 3.63) is 83.9 Å². The van der Waals surface area contributed by atoms with E-state index in [-0.39, 0.29) is 83.0 Å². The van der Waals surface area contributed by atoms with Gasteiger partial charge in [-0.2, -0.15) is 4.89 Å². The van der Waals surface area contributed by atoms with Gasteiger partial charge in [-0.25, -0.2) is 24.0 Å². The molecule has 2 fully saturated rings. The van der Waals surface area contributed by atoms with E-state index in [4.69, 9.17) is 29.9 Å². The number of ether oxygens (including phenoxy) is 7. The van der Waals surface area contributed by atoms with Gasteiger partial charge in [-0.1, -0.05) is 60.7 Å². The number of hydrogen-bond acceptors (Lipinski definition) is 19. The Morgan fingerprint density at radius 3 is 1.49 bits per heavy atom. The predicted octanol–water partition coefficient (Wildman–Crippen LogP) is 2.48. The highest BCUT2D eigenvalue weighted by Gasteiger charge is 2.40. The van der Waals surface area contributed by atoms with Crippen LogP contribution in [0.15, 0.2) is 72.8 Å². The van der Waals surface area contributed by atoms with E-state index in [2.05, 4.69) is 29.6 Å². The Kier molecular flexibility index (Phi) is 26.8. The summed E-state index contributed by atoms with van der Waals surface area (Å²) in [7, 11) is -7.36. The topological polar surface area (TPSA) is 383 Å². The lowest BCUT2D eigenvalue weighted by Gasteiger charge is -2.20. The molecule has 8 N–H and O–H groups in total. The smallest absolute Gasteiger partial charge is 0.480 e. The maximum atomic E-state index is 12.4. The number of hydrogen-bond donors (Lipinski definition) is 7. The number of carbonyl (C=O) groups excluding carboxylic acids is 7. The zero-order valence-corrected chi connectivity index (χ0v) is 40.7. The first kappa shape index (κ1) is 60.1. The summed E-state index contributed by atoms with van der Waals surface area (Å²) in [6.07, 6.45) is 0.423. The minimum absolute atomic E-state index is 0.00118. The molecule has 0 aliphatic carbocycles. The number of nitrogens with one attached hydrogen (secondary N) is 2. The molecule has 2 aromatic carbocycles. The third-order valence-electron chi connectivity index (χ3n) is 9.80. The summed E-state index contributed by atoms with van der Waals surface area (Å²) in [6, 6.07) is 14.7. The molecule has 0 saturated carbocycles. The molecule has 3 heterocycles. The number of carboxylic acids is 1. The highest BCUT2D eigenvalue weighted by Crippen LogP contribution is 2.51. The van der Waals surface area contributed by atoms with Crippen molar-refractivity contribution in [1.82, 2.24) is 10.6 Å². The molecule has 2 amide bonds. The van der Waals surface area contributed by atoms with E-state index in [1.165, 1.54) is 13.2 Å². The first-order valence-corrected chi connectivity index (χ1v) is 26.3. The fraction of sp³-hybridized carbons (Fsp3) is 0.476. The lowest BCUT2D eigenvalue weighted by molar-refractivity contribution is -0.143. The second kappa shape index (κ2) is 31.2. The number of carbonyl (C=O) groups is 8. The lowest BCUT2D eigenvalue weighted by Crippen LogP contribution is -2.42. The van der Waals surface area contributed by atoms with Crippen molar-refractivity contribution >= 4 is 70.8 Å². The summed E-state index contributed by atoms with van der Waals surface area (Å²) in [6.45, 7) is 0.339. The lowest BCUT2D eigenvalue weighted by atomic mass is 10.2. The molecule has 5 unspecified atom stereocenters. The van der Waals surface area contributed by atoms with Gasteiger partial charge in [0.25, 0.3) is 0 Å². The molecule has 0 aromatic heterocycles. The number of esters is 5. The number of nitrogens with two attached hydrogens (primary N) is 1. The maximum absolute atomic E-state index is 12.4. The Balaban J connectivity index is 0.000000348. The van der Waals surface area contributed by atoms with Crippen LogP contribution < -0.4 is 16.4 Å². The minimum Gasteiger partial charge on any atom is -0.480 e. The van der Waals surface area contributed by atoms with Gasteiger partial charge in [0, 0.05) is 24.8 Å². The molecule has 0 bridgehead atoms. The predicted molar refractivity (Wildman–Crippen MR) is 243 cm³/mol. The largest absolute Gasteiger partial charge is 0.505 e. The monoisotopic (exact) mass is 1050 g/mol. The summed E-state index contributed by atoms with van der Waals surface area (Å²) < 4.78 is 67.7. The van der Waals surface area contributed by atoms with Crippen molar-refractivity contribution in [2.75, 3.05) is 52.5 Å². The molecular formula is C42H57N3O22P3+. The van der Waals surface area contributed by atoms with Crippen molar-refractivity contribution in [3.8, 4) is 0 Å². The molecule has 28 heteroatoms. The van der Waals surface area contributed by atoms with Crippen LogP contribution in [0.5, 0.6) is 0 Å². The zero-order valence-electron chi connectivity index (χ0n) is 38.1. The molecule has 0 spiro atoms. The number of amides is 2. The van der Waals surface area contributed by atoms with Gasteiger partial charge in [0.2, 0.25) is 14.7 Å². The van der Waals surface area contributed by atoms with Crippen LogP contribution in [0.3, 0.4) is 0 Å². The van der Waals surface area contributed by atoms with E-state index in [0.29, 0.717) is 6.61 Å². The summed E-state index contributed by atoms with van der Waals surface area (Å²) in [5, 5.41) is 13.2. The van der Waals surface area contributed by atoms with Crippen LogP contribution in [0.1, 0.15) is 43.2 Å². The van der Waals surface area contributed by atoms with Crippen LogP contribution in [0.2, 0.25) is 0 Å². The van der Waals surface area contributed by atoms with Gasteiger partial charge in [-0.3, -0.25) is 23.5 Å². The quantitative estimate of drug-likeness (QED) is 0.0569. The van der Waals surface area contributed by atoms with Gasteiger partial charge < -0.3 is 64.4 Å². The fourth-order valence-corrected chi connectivity index (χ4v) is 9.77. The van der Waals surface area contributed by atoms with Crippen LogP contribution >= 0.6 is 22.8 Å². The van der Waals surface area contributed by atoms with E-state index in [9.17, 15) is 61.8 Å². The van der Waals surface area contributed by atoms with E-state index in [0.717, 1.165) is 18.2 Å². The third kappa shape index (κ3) is 24.0. The third-order valence-corrected chi connectivity index (χ3v) is 15.2. The van der Waals surface area contributed by atoms with Gasteiger partial charge in [-0.15, -0.1) is 0 Å². The van der Waals surface area contributed by atoms with Gasteiger partial charge in [-0.05, 0) is 34.6 Å². The first-order valence-electron chi connectivity index (χ1n) is 21.1. The normalized spacial score (nSPS) is 18.7. The number of alkyl carbamates (subject to hydrolysis) is 2. The Labute approximate surface area is 402 Å². The highest BCUT2D eigenvalue weighted by molar-refractivity contribution is 7.59. The van der Waals surface area contributed by atoms with E-state index in [1.54, 1.807) is 42.5 Å². The Bertz CT molecular complexity index is 2220. The number of methoxy groups -OCH3 is 2. The molecule has 5 rings (SSSR count). The van der Waals surface area contributed by atoms with Gasteiger partial charge in [0.15, 0.2) is 6.16 Å². The molecule has 386 valence electrons. The number of benzene rings is 2. The summed E-state index contributed by atoms with van der Waals surface area (Å²) in [5.74, 6) is -3.91. The van der Waals surface area contributed by atoms with Crippen molar-refractivity contribution in [3.63, 3.8) is 0 Å². The molecule has 8 atom stereocenters. The van der Waals surface area contributed by atoms with Crippen LogP contribution in [-0.4, -0.2) is 150 Å². The average Bonchev–Trinajstić information content (AvgIpc) is 4.13. The van der Waals surface area contributed by atoms with Gasteiger partial charge >= 0.3 is 56.0 Å². The van der Waals surface area contributed by atoms with E-state index in [1.807, 2.05) is 24.3 Å². The molecule has 70 heavy (non-hydrogen) atoms. The maximum Gasteiger partial charge on any atom is 0.505 e. The summed E-state index contributed by atoms with van der Waals surface area (Å²) in [4.78, 5) is 118. The standard InChI is InChI=1S/C17H22NO8P.C13H16NO6P.C8H14NO6P.C4H4O2/c1-24-16(20)14(7-8-27(22,23)13-9-15(19)25-11-13)18-17(21)26-10-12-5-3-2-4-6-12;1-19-12(15)11(7-8-21(17)18)14-13(16)20-9-10-5-3-2-4-6-10;9-6(8(11)12)1-2-16(13,14)5-3-7(10)15-4-5;5-4-2-1-3-6-4/h2-6,13-14H,7-11H2,1H3,(H,18,21)(H,22,23);2-6,11H,7-9H2,1H3,(H-,14,16,17,18);5-6H,1-4,9H2,(H,11,12)(H,13,14);1-2H,3H2/p+1/t13?,14-;11-;5?,6-;/m000./s1. The number of rotatable bonds is 20. The summed E-state index contributed by atoms with van der Waals surface area (Å²) in [5.41, 5.74) is 5.28. The molecule has 2 saturated heterocycles. The summed E-state index contributed by atoms with van der Waals surface area (Å²) >= 11 is 0. The first-order chi connectivity index (χ1) is 33.1. The second-order valence-electron chi connectivity index (χ2n) is 15.0. The van der Waals surface area contributed by atoms with Crippen LogP contribution in [0, 0.1) is 0 Å². The van der Waals surface area contributed by atoms with Crippen molar-refractivity contribution in [1.29, 1.82) is 0 Å². The van der Waals surface area contributed by atoms with Crippen LogP contribution in [0.4, 0.5) is 9.59 Å². The highest BCUT2D eigenvalue weighted by atomic mass is 31.2. The minimum atomic E-state index is -3.73. The SMILES string of the molecule is COC(=O)[C@H](CCP(=O)(O)C1COC(=O)C1)NC(=O)OCc1ccccc1.COC(=O)[C@H](CC[P+](=O)O)NC(=O)OCc1ccccc1.N[C@@H](CCP(=O)(O)C1COC(=O)C1)C(=O)O.O=C1C=CCO1. The Morgan fingerprint density at radius 1 is 0.729 bits per heavy atom. The molecule has 25 nitrogen and oxygen atoms in total. The molecule has 3 aliphatic heterocycles.